The number of rotatable bonds is 4. The summed E-state index contributed by atoms with van der Waals surface area (Å²) in [5.74, 6) is 0.0341. The molecule has 0 radical (unpaired) electrons. The summed E-state index contributed by atoms with van der Waals surface area (Å²) >= 11 is 0. The monoisotopic (exact) mass is 281 g/mol. The van der Waals surface area contributed by atoms with Gasteiger partial charge in [0.15, 0.2) is 0 Å². The van der Waals surface area contributed by atoms with E-state index in [4.69, 9.17) is 0 Å². The molecule has 108 valence electrons. The molecule has 0 saturated carbocycles. The molecule has 1 aliphatic heterocycles. The number of carbonyl (C=O) groups is 1. The van der Waals surface area contributed by atoms with Gasteiger partial charge in [0.05, 0.1) is 12.6 Å². The molecule has 0 aromatic heterocycles. The number of benzene rings is 2. The van der Waals surface area contributed by atoms with Crippen LogP contribution in [0, 0.1) is 0 Å². The van der Waals surface area contributed by atoms with Crippen LogP contribution in [0.1, 0.15) is 21.5 Å². The highest BCUT2D eigenvalue weighted by Gasteiger charge is 2.29. The van der Waals surface area contributed by atoms with E-state index < -0.39 is 0 Å². The molecule has 2 aromatic carbocycles. The first-order chi connectivity index (χ1) is 10.3. The predicted molar refractivity (Wildman–Crippen MR) is 82.2 cm³/mol. The number of carbonyl (C=O) groups excluding carboxylic acids is 1. The van der Waals surface area contributed by atoms with E-state index in [-0.39, 0.29) is 18.6 Å². The van der Waals surface area contributed by atoms with Gasteiger partial charge in [-0.05, 0) is 30.0 Å². The Morgan fingerprint density at radius 1 is 1.05 bits per heavy atom. The maximum absolute atomic E-state index is 12.6. The van der Waals surface area contributed by atoms with Crippen molar-refractivity contribution in [3.05, 3.63) is 71.3 Å². The Bertz CT molecular complexity index is 624. The lowest BCUT2D eigenvalue weighted by Gasteiger charge is -2.34. The van der Waals surface area contributed by atoms with Crippen LogP contribution in [0.4, 0.5) is 0 Å². The molecular weight excluding hydrogens is 262 g/mol. The Morgan fingerprint density at radius 2 is 1.76 bits per heavy atom. The van der Waals surface area contributed by atoms with Gasteiger partial charge < -0.3 is 10.0 Å². The second kappa shape index (κ2) is 6.10. The fourth-order valence-corrected chi connectivity index (χ4v) is 2.95. The van der Waals surface area contributed by atoms with Crippen molar-refractivity contribution in [2.24, 2.45) is 0 Å². The van der Waals surface area contributed by atoms with Crippen LogP contribution < -0.4 is 0 Å². The molecule has 3 nitrogen and oxygen atoms in total. The number of hydrogen-bond acceptors (Lipinski definition) is 2. The first kappa shape index (κ1) is 13.8. The highest BCUT2D eigenvalue weighted by atomic mass is 16.3. The van der Waals surface area contributed by atoms with Gasteiger partial charge in [0.1, 0.15) is 0 Å². The molecular formula is C18H19NO2. The molecule has 1 heterocycles. The van der Waals surface area contributed by atoms with E-state index in [9.17, 15) is 9.90 Å². The number of hydrogen-bond donors (Lipinski definition) is 1. The Hall–Kier alpha value is -2.13. The molecule has 2 aromatic rings. The number of amides is 1. The van der Waals surface area contributed by atoms with Crippen molar-refractivity contribution >= 4 is 5.91 Å². The van der Waals surface area contributed by atoms with E-state index >= 15 is 0 Å². The van der Waals surface area contributed by atoms with Crippen LogP contribution in [0.2, 0.25) is 0 Å². The Labute approximate surface area is 124 Å². The quantitative estimate of drug-likeness (QED) is 0.934. The molecule has 1 N–H and O–H groups in total. The SMILES string of the molecule is O=C1c2ccccc2CCN1[C@@H](CO)Cc1ccccc1. The minimum atomic E-state index is -0.159. The van der Waals surface area contributed by atoms with Gasteiger partial charge in [-0.1, -0.05) is 48.5 Å². The van der Waals surface area contributed by atoms with Crippen molar-refractivity contribution in [3.8, 4) is 0 Å². The van der Waals surface area contributed by atoms with Gasteiger partial charge >= 0.3 is 0 Å². The summed E-state index contributed by atoms with van der Waals surface area (Å²) in [5.41, 5.74) is 3.02. The zero-order chi connectivity index (χ0) is 14.7. The van der Waals surface area contributed by atoms with Crippen molar-refractivity contribution in [2.45, 2.75) is 18.9 Å². The van der Waals surface area contributed by atoms with Gasteiger partial charge in [-0.25, -0.2) is 0 Å². The summed E-state index contributed by atoms with van der Waals surface area (Å²) in [6.45, 7) is 0.663. The Balaban J connectivity index is 1.81. The third-order valence-corrected chi connectivity index (χ3v) is 4.10. The predicted octanol–water partition coefficient (Wildman–Crippen LogP) is 2.29. The maximum atomic E-state index is 12.6. The number of aliphatic hydroxyl groups is 1. The maximum Gasteiger partial charge on any atom is 0.254 e. The van der Waals surface area contributed by atoms with Crippen LogP contribution in [-0.2, 0) is 12.8 Å². The Morgan fingerprint density at radius 3 is 2.52 bits per heavy atom. The van der Waals surface area contributed by atoms with Crippen molar-refractivity contribution in [1.82, 2.24) is 4.90 Å². The third-order valence-electron chi connectivity index (χ3n) is 4.10. The highest BCUT2D eigenvalue weighted by Crippen LogP contribution is 2.21. The third kappa shape index (κ3) is 2.83. The molecule has 0 fully saturated rings. The second-order valence-electron chi connectivity index (χ2n) is 5.43. The molecule has 0 aliphatic carbocycles. The molecule has 3 heteroatoms. The first-order valence-electron chi connectivity index (χ1n) is 7.33. The van der Waals surface area contributed by atoms with Crippen LogP contribution in [0.25, 0.3) is 0 Å². The first-order valence-corrected chi connectivity index (χ1v) is 7.33. The van der Waals surface area contributed by atoms with Crippen LogP contribution in [0.3, 0.4) is 0 Å². The van der Waals surface area contributed by atoms with Crippen LogP contribution in [0.5, 0.6) is 0 Å². The van der Waals surface area contributed by atoms with Crippen LogP contribution >= 0.6 is 0 Å². The van der Waals surface area contributed by atoms with Gasteiger partial charge in [-0.15, -0.1) is 0 Å². The van der Waals surface area contributed by atoms with Crippen LogP contribution in [0.15, 0.2) is 54.6 Å². The van der Waals surface area contributed by atoms with Crippen molar-refractivity contribution in [3.63, 3.8) is 0 Å². The molecule has 3 rings (SSSR count). The fourth-order valence-electron chi connectivity index (χ4n) is 2.95. The standard InChI is InChI=1S/C18H19NO2/c20-13-16(12-14-6-2-1-3-7-14)19-11-10-15-8-4-5-9-17(15)18(19)21/h1-9,16,20H,10-13H2/t16-/m1/s1. The van der Waals surface area contributed by atoms with E-state index in [1.807, 2.05) is 59.5 Å². The Kier molecular flexibility index (Phi) is 4.02. The van der Waals surface area contributed by atoms with E-state index in [1.54, 1.807) is 0 Å². The van der Waals surface area contributed by atoms with Crippen molar-refractivity contribution in [1.29, 1.82) is 0 Å². The smallest absolute Gasteiger partial charge is 0.254 e. The van der Waals surface area contributed by atoms with Gasteiger partial charge in [0.2, 0.25) is 0 Å². The minimum Gasteiger partial charge on any atom is -0.394 e. The summed E-state index contributed by atoms with van der Waals surface area (Å²) in [4.78, 5) is 14.4. The molecule has 1 amide bonds. The lowest BCUT2D eigenvalue weighted by atomic mass is 9.96. The van der Waals surface area contributed by atoms with Crippen molar-refractivity contribution in [2.75, 3.05) is 13.2 Å². The lowest BCUT2D eigenvalue weighted by Crippen LogP contribution is -2.47. The zero-order valence-corrected chi connectivity index (χ0v) is 11.9. The largest absolute Gasteiger partial charge is 0.394 e. The van der Waals surface area contributed by atoms with Crippen LogP contribution in [-0.4, -0.2) is 35.1 Å². The molecule has 0 unspecified atom stereocenters. The number of fused-ring (bicyclic) bond motifs is 1. The van der Waals surface area contributed by atoms with Gasteiger partial charge in [-0.3, -0.25) is 4.79 Å². The number of nitrogens with zero attached hydrogens (tertiary/aromatic N) is 1. The van der Waals surface area contributed by atoms with Gasteiger partial charge in [0.25, 0.3) is 5.91 Å². The molecule has 21 heavy (non-hydrogen) atoms. The summed E-state index contributed by atoms with van der Waals surface area (Å²) in [7, 11) is 0. The minimum absolute atomic E-state index is 0.0111. The zero-order valence-electron chi connectivity index (χ0n) is 11.9. The summed E-state index contributed by atoms with van der Waals surface area (Å²) in [6.07, 6.45) is 1.54. The highest BCUT2D eigenvalue weighted by molar-refractivity contribution is 5.97. The van der Waals surface area contributed by atoms with Crippen molar-refractivity contribution < 1.29 is 9.90 Å². The molecule has 1 aliphatic rings. The summed E-state index contributed by atoms with van der Waals surface area (Å²) in [5, 5.41) is 9.71. The average molecular weight is 281 g/mol. The van der Waals surface area contributed by atoms with E-state index in [1.165, 1.54) is 0 Å². The molecule has 0 bridgehead atoms. The normalized spacial score (nSPS) is 15.7. The summed E-state index contributed by atoms with van der Waals surface area (Å²) < 4.78 is 0. The van der Waals surface area contributed by atoms with E-state index in [0.717, 1.165) is 23.1 Å². The van der Waals surface area contributed by atoms with Gasteiger partial charge in [-0.2, -0.15) is 0 Å². The fraction of sp³-hybridized carbons (Fsp3) is 0.278. The topological polar surface area (TPSA) is 40.5 Å². The number of aliphatic hydroxyl groups excluding tert-OH is 1. The molecule has 0 spiro atoms. The molecule has 0 saturated heterocycles. The van der Waals surface area contributed by atoms with Gasteiger partial charge in [0, 0.05) is 12.1 Å². The van der Waals surface area contributed by atoms with E-state index in [2.05, 4.69) is 0 Å². The lowest BCUT2D eigenvalue weighted by molar-refractivity contribution is 0.0573. The average Bonchev–Trinajstić information content (AvgIpc) is 2.55. The summed E-state index contributed by atoms with van der Waals surface area (Å²) in [6, 6.07) is 17.6. The second-order valence-corrected chi connectivity index (χ2v) is 5.43. The molecule has 1 atom stereocenters. The van der Waals surface area contributed by atoms with E-state index in [0.29, 0.717) is 13.0 Å².